The summed E-state index contributed by atoms with van der Waals surface area (Å²) in [5.41, 5.74) is 0.770. The summed E-state index contributed by atoms with van der Waals surface area (Å²) in [6, 6.07) is 3.44. The highest BCUT2D eigenvalue weighted by Gasteiger charge is 2.28. The fourth-order valence-electron chi connectivity index (χ4n) is 2.75. The SMILES string of the molecule is O=C(NCC1CCCO1)N1CCN(c2cccnc2)C(=O)C1. The number of hydrogen-bond acceptors (Lipinski definition) is 4. The Balaban J connectivity index is 1.51. The number of nitrogens with zero attached hydrogens (tertiary/aromatic N) is 3. The first kappa shape index (κ1) is 14.8. The van der Waals surface area contributed by atoms with Crippen LogP contribution in [-0.4, -0.2) is 60.7 Å². The Kier molecular flexibility index (Phi) is 4.53. The van der Waals surface area contributed by atoms with Crippen molar-refractivity contribution in [2.24, 2.45) is 0 Å². The third kappa shape index (κ3) is 3.36. The smallest absolute Gasteiger partial charge is 0.318 e. The summed E-state index contributed by atoms with van der Waals surface area (Å²) < 4.78 is 5.47. The molecule has 7 nitrogen and oxygen atoms in total. The maximum Gasteiger partial charge on any atom is 0.318 e. The fraction of sp³-hybridized carbons (Fsp3) is 0.533. The molecule has 3 rings (SSSR count). The van der Waals surface area contributed by atoms with Crippen LogP contribution in [0.3, 0.4) is 0 Å². The van der Waals surface area contributed by atoms with E-state index in [0.717, 1.165) is 25.1 Å². The van der Waals surface area contributed by atoms with Crippen molar-refractivity contribution in [1.82, 2.24) is 15.2 Å². The molecular formula is C15H20N4O3. The van der Waals surface area contributed by atoms with E-state index in [2.05, 4.69) is 10.3 Å². The minimum atomic E-state index is -0.199. The maximum absolute atomic E-state index is 12.2. The van der Waals surface area contributed by atoms with Gasteiger partial charge in [0, 0.05) is 32.4 Å². The van der Waals surface area contributed by atoms with Crippen molar-refractivity contribution < 1.29 is 14.3 Å². The van der Waals surface area contributed by atoms with Gasteiger partial charge < -0.3 is 19.9 Å². The molecule has 118 valence electrons. The van der Waals surface area contributed by atoms with Crippen molar-refractivity contribution in [2.75, 3.05) is 37.7 Å². The van der Waals surface area contributed by atoms with Crippen LogP contribution in [0.2, 0.25) is 0 Å². The number of carbonyl (C=O) groups excluding carboxylic acids is 2. The number of nitrogens with one attached hydrogen (secondary N) is 1. The van der Waals surface area contributed by atoms with E-state index < -0.39 is 0 Å². The second-order valence-electron chi connectivity index (χ2n) is 5.50. The van der Waals surface area contributed by atoms with Gasteiger partial charge in [-0.1, -0.05) is 0 Å². The zero-order chi connectivity index (χ0) is 15.4. The Hall–Kier alpha value is -2.15. The Labute approximate surface area is 129 Å². The summed E-state index contributed by atoms with van der Waals surface area (Å²) in [4.78, 5) is 31.6. The lowest BCUT2D eigenvalue weighted by molar-refractivity contribution is -0.120. The number of hydrogen-bond donors (Lipinski definition) is 1. The molecule has 0 bridgehead atoms. The van der Waals surface area contributed by atoms with Gasteiger partial charge in [-0.15, -0.1) is 0 Å². The second-order valence-corrected chi connectivity index (χ2v) is 5.50. The van der Waals surface area contributed by atoms with Crippen LogP contribution in [0.25, 0.3) is 0 Å². The summed E-state index contributed by atoms with van der Waals surface area (Å²) in [7, 11) is 0. The largest absolute Gasteiger partial charge is 0.376 e. The molecule has 0 aliphatic carbocycles. The van der Waals surface area contributed by atoms with Gasteiger partial charge >= 0.3 is 6.03 Å². The molecule has 1 N–H and O–H groups in total. The number of pyridine rings is 1. The number of anilines is 1. The zero-order valence-electron chi connectivity index (χ0n) is 12.4. The lowest BCUT2D eigenvalue weighted by atomic mass is 10.2. The molecule has 1 aromatic rings. The van der Waals surface area contributed by atoms with Gasteiger partial charge in [-0.2, -0.15) is 0 Å². The van der Waals surface area contributed by atoms with Crippen LogP contribution in [0.5, 0.6) is 0 Å². The first-order valence-corrected chi connectivity index (χ1v) is 7.59. The maximum atomic E-state index is 12.2. The zero-order valence-corrected chi connectivity index (χ0v) is 12.4. The van der Waals surface area contributed by atoms with Crippen LogP contribution in [0.1, 0.15) is 12.8 Å². The number of amides is 3. The number of aromatic nitrogens is 1. The molecule has 1 unspecified atom stereocenters. The Bertz CT molecular complexity index is 531. The first-order valence-electron chi connectivity index (χ1n) is 7.59. The molecule has 2 aliphatic rings. The van der Waals surface area contributed by atoms with E-state index in [1.807, 2.05) is 6.07 Å². The summed E-state index contributed by atoms with van der Waals surface area (Å²) >= 11 is 0. The molecule has 2 aliphatic heterocycles. The molecule has 1 aromatic heterocycles. The summed E-state index contributed by atoms with van der Waals surface area (Å²) in [5, 5.41) is 2.85. The van der Waals surface area contributed by atoms with Crippen molar-refractivity contribution in [3.63, 3.8) is 0 Å². The fourth-order valence-corrected chi connectivity index (χ4v) is 2.75. The van der Waals surface area contributed by atoms with Crippen molar-refractivity contribution in [1.29, 1.82) is 0 Å². The van der Waals surface area contributed by atoms with Crippen LogP contribution in [0, 0.1) is 0 Å². The second kappa shape index (κ2) is 6.74. The van der Waals surface area contributed by atoms with E-state index in [4.69, 9.17) is 4.74 Å². The van der Waals surface area contributed by atoms with Gasteiger partial charge in [0.1, 0.15) is 6.54 Å². The molecule has 7 heteroatoms. The lowest BCUT2D eigenvalue weighted by Gasteiger charge is -2.34. The molecule has 0 radical (unpaired) electrons. The molecule has 0 saturated carbocycles. The highest BCUT2D eigenvalue weighted by Crippen LogP contribution is 2.15. The predicted octanol–water partition coefficient (Wildman–Crippen LogP) is 0.619. The highest BCUT2D eigenvalue weighted by molar-refractivity contribution is 5.97. The Morgan fingerprint density at radius 1 is 1.45 bits per heavy atom. The highest BCUT2D eigenvalue weighted by atomic mass is 16.5. The molecule has 2 fully saturated rings. The molecule has 1 atom stereocenters. The summed E-state index contributed by atoms with van der Waals surface area (Å²) in [6.07, 6.45) is 5.46. The van der Waals surface area contributed by atoms with Gasteiger partial charge in [0.15, 0.2) is 0 Å². The van der Waals surface area contributed by atoms with Gasteiger partial charge in [0.2, 0.25) is 5.91 Å². The number of rotatable bonds is 3. The van der Waals surface area contributed by atoms with Crippen LogP contribution in [0.15, 0.2) is 24.5 Å². The third-order valence-electron chi connectivity index (χ3n) is 3.97. The van der Waals surface area contributed by atoms with E-state index in [1.54, 1.807) is 28.3 Å². The Morgan fingerprint density at radius 3 is 3.05 bits per heavy atom. The average molecular weight is 304 g/mol. The van der Waals surface area contributed by atoms with E-state index in [9.17, 15) is 9.59 Å². The van der Waals surface area contributed by atoms with Gasteiger partial charge in [-0.25, -0.2) is 4.79 Å². The molecular weight excluding hydrogens is 284 g/mol. The first-order chi connectivity index (χ1) is 10.7. The Morgan fingerprint density at radius 2 is 2.36 bits per heavy atom. The van der Waals surface area contributed by atoms with Crippen molar-refractivity contribution >= 4 is 17.6 Å². The van der Waals surface area contributed by atoms with E-state index in [0.29, 0.717) is 19.6 Å². The predicted molar refractivity (Wildman–Crippen MR) is 80.5 cm³/mol. The van der Waals surface area contributed by atoms with Crippen molar-refractivity contribution in [2.45, 2.75) is 18.9 Å². The third-order valence-corrected chi connectivity index (χ3v) is 3.97. The number of urea groups is 1. The van der Waals surface area contributed by atoms with E-state index >= 15 is 0 Å². The number of carbonyl (C=O) groups is 2. The molecule has 0 aromatic carbocycles. The van der Waals surface area contributed by atoms with Crippen molar-refractivity contribution in [3.05, 3.63) is 24.5 Å². The summed E-state index contributed by atoms with van der Waals surface area (Å²) in [5.74, 6) is -0.0912. The molecule has 3 amide bonds. The molecule has 0 spiro atoms. The molecule has 3 heterocycles. The number of piperazine rings is 1. The van der Waals surface area contributed by atoms with Gasteiger partial charge in [-0.05, 0) is 25.0 Å². The van der Waals surface area contributed by atoms with Crippen LogP contribution in [0.4, 0.5) is 10.5 Å². The monoisotopic (exact) mass is 304 g/mol. The quantitative estimate of drug-likeness (QED) is 0.888. The minimum Gasteiger partial charge on any atom is -0.376 e. The van der Waals surface area contributed by atoms with Crippen LogP contribution in [-0.2, 0) is 9.53 Å². The lowest BCUT2D eigenvalue weighted by Crippen LogP contribution is -2.55. The molecule has 2 saturated heterocycles. The normalized spacial score (nSPS) is 22.0. The minimum absolute atomic E-state index is 0.0895. The standard InChI is InChI=1S/C15H20N4O3/c20-14-11-18(15(21)17-10-13-4-2-8-22-13)6-7-19(14)12-3-1-5-16-9-12/h1,3,5,9,13H,2,4,6-8,10-11H2,(H,17,21). The van der Waals surface area contributed by atoms with Crippen LogP contribution < -0.4 is 10.2 Å². The summed E-state index contributed by atoms with van der Waals surface area (Å²) in [6.45, 7) is 2.36. The van der Waals surface area contributed by atoms with E-state index in [1.165, 1.54) is 0 Å². The van der Waals surface area contributed by atoms with Gasteiger partial charge in [0.05, 0.1) is 18.0 Å². The van der Waals surface area contributed by atoms with E-state index in [-0.39, 0.29) is 24.6 Å². The number of ether oxygens (including phenoxy) is 1. The average Bonchev–Trinajstić information content (AvgIpc) is 3.07. The van der Waals surface area contributed by atoms with Gasteiger partial charge in [0.25, 0.3) is 0 Å². The van der Waals surface area contributed by atoms with Gasteiger partial charge in [-0.3, -0.25) is 9.78 Å². The molecule has 22 heavy (non-hydrogen) atoms. The van der Waals surface area contributed by atoms with Crippen LogP contribution >= 0.6 is 0 Å². The van der Waals surface area contributed by atoms with Crippen molar-refractivity contribution in [3.8, 4) is 0 Å². The topological polar surface area (TPSA) is 74.8 Å².